The molecule has 36 heavy (non-hydrogen) atoms. The molecule has 6 rings (SSSR count). The molecule has 3 aliphatic rings. The van der Waals surface area contributed by atoms with E-state index in [4.69, 9.17) is 9.47 Å². The normalized spacial score (nSPS) is 19.7. The van der Waals surface area contributed by atoms with Crippen molar-refractivity contribution in [1.82, 2.24) is 14.5 Å². The molecule has 186 valence electrons. The minimum atomic E-state index is -0.340. The van der Waals surface area contributed by atoms with Crippen molar-refractivity contribution in [2.45, 2.75) is 12.8 Å². The number of hydrogen-bond donors (Lipinski definition) is 1. The maximum Gasteiger partial charge on any atom is 0.235 e. The van der Waals surface area contributed by atoms with Gasteiger partial charge in [0.05, 0.1) is 13.2 Å². The zero-order chi connectivity index (χ0) is 24.8. The van der Waals surface area contributed by atoms with Gasteiger partial charge in [-0.2, -0.15) is 0 Å². The number of anilines is 1. The number of carbonyl (C=O) groups excluding carboxylic acids is 2. The number of allylic oxidation sites excluding steroid dienone is 1. The molecular formula is C27H28N4O5. The summed E-state index contributed by atoms with van der Waals surface area (Å²) < 4.78 is 13.1. The Balaban J connectivity index is 1.28. The summed E-state index contributed by atoms with van der Waals surface area (Å²) in [6.45, 7) is 4.10. The van der Waals surface area contributed by atoms with E-state index in [1.54, 1.807) is 24.4 Å². The molecule has 2 saturated heterocycles. The number of ketones is 1. The van der Waals surface area contributed by atoms with Gasteiger partial charge in [-0.1, -0.05) is 6.07 Å². The van der Waals surface area contributed by atoms with E-state index in [0.717, 1.165) is 48.2 Å². The summed E-state index contributed by atoms with van der Waals surface area (Å²) in [6, 6.07) is 6.80. The first-order chi connectivity index (χ1) is 17.5. The molecule has 9 nitrogen and oxygen atoms in total. The van der Waals surface area contributed by atoms with Crippen LogP contribution >= 0.6 is 0 Å². The maximum atomic E-state index is 13.0. The van der Waals surface area contributed by atoms with Gasteiger partial charge >= 0.3 is 0 Å². The van der Waals surface area contributed by atoms with Gasteiger partial charge in [-0.15, -0.1) is 0 Å². The van der Waals surface area contributed by atoms with E-state index in [9.17, 15) is 14.7 Å². The van der Waals surface area contributed by atoms with E-state index in [1.165, 1.54) is 6.07 Å². The number of aryl methyl sites for hydroxylation is 1. The molecule has 5 heterocycles. The molecule has 0 radical (unpaired) electrons. The number of morpholine rings is 1. The zero-order valence-electron chi connectivity index (χ0n) is 20.1. The lowest BCUT2D eigenvalue weighted by atomic mass is 9.94. The second kappa shape index (κ2) is 8.98. The highest BCUT2D eigenvalue weighted by molar-refractivity contribution is 6.17. The predicted octanol–water partition coefficient (Wildman–Crippen LogP) is 2.97. The Morgan fingerprint density at radius 1 is 1.14 bits per heavy atom. The van der Waals surface area contributed by atoms with Crippen LogP contribution in [0.5, 0.6) is 11.5 Å². The fourth-order valence-corrected chi connectivity index (χ4v) is 5.46. The third kappa shape index (κ3) is 3.80. The van der Waals surface area contributed by atoms with Crippen molar-refractivity contribution < 1.29 is 24.2 Å². The SMILES string of the molecule is Cn1cc(C=C2Oc3cccc(O)c3C2=O)c2c(N3CCC(C(=O)N4CCOCC4)CC3)ccnc21. The first-order valence-electron chi connectivity index (χ1n) is 12.3. The number of aromatic hydroxyl groups is 1. The van der Waals surface area contributed by atoms with Gasteiger partial charge in [0.25, 0.3) is 0 Å². The standard InChI is InChI=1S/C27H28N4O5/c1-29-16-18(15-22-25(33)24-20(32)3-2-4-21(24)36-22)23-19(5-8-28-26(23)29)30-9-6-17(7-10-30)27(34)31-11-13-35-14-12-31/h2-5,8,15-17,32H,6-7,9-14H2,1H3. The number of aromatic nitrogens is 2. The summed E-state index contributed by atoms with van der Waals surface area (Å²) in [5.74, 6) is 0.372. The molecule has 1 aromatic carbocycles. The first kappa shape index (κ1) is 22.6. The number of hydrogen-bond acceptors (Lipinski definition) is 7. The number of benzene rings is 1. The minimum Gasteiger partial charge on any atom is -0.507 e. The Hall–Kier alpha value is -3.85. The highest BCUT2D eigenvalue weighted by Crippen LogP contribution is 2.39. The van der Waals surface area contributed by atoms with Crippen LogP contribution in [-0.2, 0) is 16.6 Å². The van der Waals surface area contributed by atoms with Crippen molar-refractivity contribution in [2.75, 3.05) is 44.3 Å². The van der Waals surface area contributed by atoms with Crippen LogP contribution in [0.25, 0.3) is 17.1 Å². The molecule has 9 heteroatoms. The molecule has 0 unspecified atom stereocenters. The van der Waals surface area contributed by atoms with Gasteiger partial charge in [-0.3, -0.25) is 9.59 Å². The number of carbonyl (C=O) groups is 2. The minimum absolute atomic E-state index is 0.0322. The lowest BCUT2D eigenvalue weighted by Gasteiger charge is -2.36. The highest BCUT2D eigenvalue weighted by atomic mass is 16.5. The summed E-state index contributed by atoms with van der Waals surface area (Å²) in [7, 11) is 1.92. The van der Waals surface area contributed by atoms with Gasteiger partial charge in [-0.05, 0) is 37.1 Å². The zero-order valence-corrected chi connectivity index (χ0v) is 20.1. The largest absolute Gasteiger partial charge is 0.507 e. The second-order valence-electron chi connectivity index (χ2n) is 9.51. The Morgan fingerprint density at radius 3 is 2.67 bits per heavy atom. The first-order valence-corrected chi connectivity index (χ1v) is 12.3. The van der Waals surface area contributed by atoms with Crippen LogP contribution in [0, 0.1) is 5.92 Å². The van der Waals surface area contributed by atoms with Crippen molar-refractivity contribution in [3.63, 3.8) is 0 Å². The van der Waals surface area contributed by atoms with Gasteiger partial charge in [0.2, 0.25) is 11.7 Å². The van der Waals surface area contributed by atoms with Gasteiger partial charge in [-0.25, -0.2) is 4.98 Å². The molecule has 0 bridgehead atoms. The van der Waals surface area contributed by atoms with Crippen LogP contribution in [-0.4, -0.2) is 70.6 Å². The number of pyridine rings is 1. The summed E-state index contributed by atoms with van der Waals surface area (Å²) in [4.78, 5) is 34.7. The second-order valence-corrected chi connectivity index (χ2v) is 9.51. The third-order valence-electron chi connectivity index (χ3n) is 7.33. The number of piperidine rings is 1. The summed E-state index contributed by atoms with van der Waals surface area (Å²) in [6.07, 6.45) is 7.04. The van der Waals surface area contributed by atoms with Crippen molar-refractivity contribution in [2.24, 2.45) is 13.0 Å². The van der Waals surface area contributed by atoms with Gasteiger partial charge < -0.3 is 28.9 Å². The quantitative estimate of drug-likeness (QED) is 0.566. The average Bonchev–Trinajstić information content (AvgIpc) is 3.41. The fraction of sp³-hybridized carbons (Fsp3) is 0.370. The van der Waals surface area contributed by atoms with E-state index in [-0.39, 0.29) is 34.7 Å². The lowest BCUT2D eigenvalue weighted by Crippen LogP contribution is -2.46. The number of rotatable bonds is 3. The Bertz CT molecular complexity index is 1380. The Labute approximate surface area is 208 Å². The monoisotopic (exact) mass is 488 g/mol. The maximum absolute atomic E-state index is 13.0. The molecular weight excluding hydrogens is 460 g/mol. The number of phenols is 1. The van der Waals surface area contributed by atoms with Crippen LogP contribution in [0.15, 0.2) is 42.4 Å². The number of Topliss-reactive ketones (excluding diaryl/α,β-unsaturated/α-hetero) is 1. The molecule has 2 aromatic heterocycles. The van der Waals surface area contributed by atoms with Gasteiger partial charge in [0.15, 0.2) is 5.76 Å². The summed E-state index contributed by atoms with van der Waals surface area (Å²) in [5, 5.41) is 11.1. The van der Waals surface area contributed by atoms with Crippen LogP contribution in [0.2, 0.25) is 0 Å². The topological polar surface area (TPSA) is 97.1 Å². The molecule has 0 spiro atoms. The molecule has 0 aliphatic carbocycles. The number of fused-ring (bicyclic) bond motifs is 2. The fourth-order valence-electron chi connectivity index (χ4n) is 5.46. The van der Waals surface area contributed by atoms with Crippen LogP contribution in [0.4, 0.5) is 5.69 Å². The number of ether oxygens (including phenoxy) is 2. The van der Waals surface area contributed by atoms with E-state index in [2.05, 4.69) is 9.88 Å². The van der Waals surface area contributed by atoms with E-state index in [1.807, 2.05) is 28.8 Å². The van der Waals surface area contributed by atoms with Gasteiger partial charge in [0.1, 0.15) is 22.7 Å². The smallest absolute Gasteiger partial charge is 0.235 e. The summed E-state index contributed by atoms with van der Waals surface area (Å²) in [5.41, 5.74) is 2.83. The van der Waals surface area contributed by atoms with Crippen molar-refractivity contribution in [3.8, 4) is 11.5 Å². The Morgan fingerprint density at radius 2 is 1.92 bits per heavy atom. The lowest BCUT2D eigenvalue weighted by molar-refractivity contribution is -0.140. The predicted molar refractivity (Wildman–Crippen MR) is 134 cm³/mol. The number of phenolic OH excluding ortho intramolecular Hbond substituents is 1. The van der Waals surface area contributed by atoms with Crippen molar-refractivity contribution >= 4 is 34.5 Å². The molecule has 1 amide bonds. The van der Waals surface area contributed by atoms with Crippen LogP contribution in [0.1, 0.15) is 28.8 Å². The molecule has 3 aliphatic heterocycles. The van der Waals surface area contributed by atoms with E-state index in [0.29, 0.717) is 32.1 Å². The third-order valence-corrected chi connectivity index (χ3v) is 7.33. The van der Waals surface area contributed by atoms with Crippen molar-refractivity contribution in [1.29, 1.82) is 0 Å². The molecule has 0 atom stereocenters. The van der Waals surface area contributed by atoms with Gasteiger partial charge in [0, 0.05) is 68.2 Å². The van der Waals surface area contributed by atoms with E-state index < -0.39 is 0 Å². The molecule has 0 saturated carbocycles. The molecule has 1 N–H and O–H groups in total. The Kier molecular flexibility index (Phi) is 5.64. The van der Waals surface area contributed by atoms with E-state index >= 15 is 0 Å². The van der Waals surface area contributed by atoms with Crippen LogP contribution < -0.4 is 9.64 Å². The summed E-state index contributed by atoms with van der Waals surface area (Å²) >= 11 is 0. The molecule has 3 aromatic rings. The average molecular weight is 489 g/mol. The molecule has 2 fully saturated rings. The van der Waals surface area contributed by atoms with Crippen LogP contribution in [0.3, 0.4) is 0 Å². The number of amides is 1. The highest BCUT2D eigenvalue weighted by Gasteiger charge is 2.32. The number of nitrogens with zero attached hydrogens (tertiary/aromatic N) is 4. The van der Waals surface area contributed by atoms with Crippen molar-refractivity contribution in [3.05, 3.63) is 53.5 Å².